The molecule has 20 heavy (non-hydrogen) atoms. The molecule has 1 aliphatic heterocycles. The fourth-order valence-electron chi connectivity index (χ4n) is 2.26. The van der Waals surface area contributed by atoms with Crippen LogP contribution in [-0.2, 0) is 10.0 Å². The van der Waals surface area contributed by atoms with Crippen molar-refractivity contribution in [1.29, 1.82) is 5.26 Å². The fraction of sp³-hybridized carbons (Fsp3) is 0.583. The van der Waals surface area contributed by atoms with Crippen molar-refractivity contribution in [2.75, 3.05) is 30.8 Å². The van der Waals surface area contributed by atoms with Gasteiger partial charge in [-0.1, -0.05) is 0 Å². The maximum Gasteiger partial charge on any atom is 0.208 e. The van der Waals surface area contributed by atoms with Gasteiger partial charge in [-0.05, 0) is 18.8 Å². The molecule has 0 aliphatic carbocycles. The Labute approximate surface area is 118 Å². The third kappa shape index (κ3) is 3.88. The first kappa shape index (κ1) is 14.7. The van der Waals surface area contributed by atoms with E-state index in [-0.39, 0.29) is 0 Å². The highest BCUT2D eigenvalue weighted by molar-refractivity contribution is 7.88. The van der Waals surface area contributed by atoms with E-state index < -0.39 is 10.0 Å². The molecule has 0 radical (unpaired) electrons. The first-order valence-electron chi connectivity index (χ1n) is 6.40. The number of aromatic nitrogens is 2. The third-order valence-corrected chi connectivity index (χ3v) is 4.02. The summed E-state index contributed by atoms with van der Waals surface area (Å²) < 4.78 is 24.7. The van der Waals surface area contributed by atoms with Crippen molar-refractivity contribution in [1.82, 2.24) is 14.7 Å². The Morgan fingerprint density at radius 2 is 2.05 bits per heavy atom. The molecular formula is C12H17N5O2S. The molecule has 1 aromatic heterocycles. The summed E-state index contributed by atoms with van der Waals surface area (Å²) in [5, 5.41) is 9.02. The molecule has 2 rings (SSSR count). The van der Waals surface area contributed by atoms with Crippen LogP contribution in [-0.4, -0.2) is 44.3 Å². The number of piperidine rings is 1. The van der Waals surface area contributed by atoms with Gasteiger partial charge in [-0.3, -0.25) is 0 Å². The molecule has 8 heteroatoms. The van der Waals surface area contributed by atoms with E-state index in [4.69, 9.17) is 5.26 Å². The molecule has 0 spiro atoms. The highest BCUT2D eigenvalue weighted by Gasteiger charge is 2.22. The topological polar surface area (TPSA) is 99.0 Å². The largest absolute Gasteiger partial charge is 0.354 e. The van der Waals surface area contributed by atoms with E-state index in [0.717, 1.165) is 25.9 Å². The maximum absolute atomic E-state index is 11.1. The summed E-state index contributed by atoms with van der Waals surface area (Å²) in [6, 6.07) is 2.04. The van der Waals surface area contributed by atoms with Crippen LogP contribution in [0.1, 0.15) is 18.5 Å². The molecule has 1 saturated heterocycles. The fourth-order valence-corrected chi connectivity index (χ4v) is 2.80. The van der Waals surface area contributed by atoms with Crippen molar-refractivity contribution >= 4 is 15.8 Å². The van der Waals surface area contributed by atoms with Crippen molar-refractivity contribution in [2.24, 2.45) is 5.92 Å². The number of nitrogens with zero attached hydrogens (tertiary/aromatic N) is 4. The SMILES string of the molecule is CS(=O)(=O)NCC1CCN(c2nccnc2C#N)CC1. The molecule has 0 bridgehead atoms. The number of anilines is 1. The van der Waals surface area contributed by atoms with Gasteiger partial charge in [0.1, 0.15) is 6.07 Å². The highest BCUT2D eigenvalue weighted by atomic mass is 32.2. The second kappa shape index (κ2) is 6.15. The van der Waals surface area contributed by atoms with E-state index in [1.807, 2.05) is 11.0 Å². The summed E-state index contributed by atoms with van der Waals surface area (Å²) in [6.07, 6.45) is 5.98. The molecule has 1 fully saturated rings. The third-order valence-electron chi connectivity index (χ3n) is 3.33. The van der Waals surface area contributed by atoms with Gasteiger partial charge in [0.05, 0.1) is 6.26 Å². The van der Waals surface area contributed by atoms with Crippen LogP contribution in [0.4, 0.5) is 5.82 Å². The van der Waals surface area contributed by atoms with Crippen LogP contribution in [0.15, 0.2) is 12.4 Å². The lowest BCUT2D eigenvalue weighted by atomic mass is 9.97. The van der Waals surface area contributed by atoms with Crippen LogP contribution in [0.5, 0.6) is 0 Å². The van der Waals surface area contributed by atoms with Crippen molar-refractivity contribution < 1.29 is 8.42 Å². The van der Waals surface area contributed by atoms with E-state index in [1.165, 1.54) is 12.5 Å². The molecule has 7 nitrogen and oxygen atoms in total. The minimum atomic E-state index is -3.13. The smallest absolute Gasteiger partial charge is 0.208 e. The quantitative estimate of drug-likeness (QED) is 0.846. The predicted octanol–water partition coefficient (Wildman–Crippen LogP) is 0.114. The average molecular weight is 295 g/mol. The minimum absolute atomic E-state index is 0.322. The number of sulfonamides is 1. The molecule has 1 aromatic rings. The summed E-state index contributed by atoms with van der Waals surface area (Å²) in [5.41, 5.74) is 0.334. The molecular weight excluding hydrogens is 278 g/mol. The van der Waals surface area contributed by atoms with Gasteiger partial charge < -0.3 is 4.90 Å². The molecule has 1 N–H and O–H groups in total. The summed E-state index contributed by atoms with van der Waals surface area (Å²) in [5.74, 6) is 0.938. The van der Waals surface area contributed by atoms with Crippen molar-refractivity contribution in [3.63, 3.8) is 0 Å². The first-order valence-corrected chi connectivity index (χ1v) is 8.29. The molecule has 2 heterocycles. The Bertz CT molecular complexity index is 603. The Morgan fingerprint density at radius 1 is 1.40 bits per heavy atom. The van der Waals surface area contributed by atoms with Crippen LogP contribution >= 0.6 is 0 Å². The Balaban J connectivity index is 1.93. The summed E-state index contributed by atoms with van der Waals surface area (Å²) in [4.78, 5) is 10.2. The lowest BCUT2D eigenvalue weighted by Crippen LogP contribution is -2.39. The standard InChI is InChI=1S/C12H17N5O2S/c1-20(18,19)16-9-10-2-6-17(7-3-10)12-11(8-13)14-4-5-15-12/h4-5,10,16H,2-3,6-7,9H2,1H3. The molecule has 1 aliphatic rings. The van der Waals surface area contributed by atoms with Gasteiger partial charge in [0.25, 0.3) is 0 Å². The molecule has 0 aromatic carbocycles. The van der Waals surface area contributed by atoms with Crippen molar-refractivity contribution in [3.8, 4) is 6.07 Å². The van der Waals surface area contributed by atoms with Crippen LogP contribution in [0.25, 0.3) is 0 Å². The summed E-state index contributed by atoms with van der Waals surface area (Å²) in [7, 11) is -3.13. The monoisotopic (exact) mass is 295 g/mol. The van der Waals surface area contributed by atoms with Gasteiger partial charge in [-0.15, -0.1) is 0 Å². The van der Waals surface area contributed by atoms with Gasteiger partial charge in [0.15, 0.2) is 11.5 Å². The van der Waals surface area contributed by atoms with E-state index >= 15 is 0 Å². The Morgan fingerprint density at radius 3 is 2.65 bits per heavy atom. The summed E-state index contributed by atoms with van der Waals surface area (Å²) in [6.45, 7) is 1.98. The second-order valence-electron chi connectivity index (χ2n) is 4.89. The van der Waals surface area contributed by atoms with Crippen LogP contribution < -0.4 is 9.62 Å². The van der Waals surface area contributed by atoms with Gasteiger partial charge in [0.2, 0.25) is 10.0 Å². The zero-order chi connectivity index (χ0) is 14.6. The van der Waals surface area contributed by atoms with E-state index in [9.17, 15) is 8.42 Å². The van der Waals surface area contributed by atoms with E-state index in [0.29, 0.717) is 24.0 Å². The number of rotatable bonds is 4. The lowest BCUT2D eigenvalue weighted by molar-refractivity contribution is 0.400. The normalized spacial score (nSPS) is 16.9. The van der Waals surface area contributed by atoms with Gasteiger partial charge in [-0.2, -0.15) is 5.26 Å². The van der Waals surface area contributed by atoms with Crippen molar-refractivity contribution in [3.05, 3.63) is 18.1 Å². The molecule has 0 amide bonds. The number of nitrogens with one attached hydrogen (secondary N) is 1. The highest BCUT2D eigenvalue weighted by Crippen LogP contribution is 2.22. The number of hydrogen-bond donors (Lipinski definition) is 1. The average Bonchev–Trinajstić information content (AvgIpc) is 2.45. The Kier molecular flexibility index (Phi) is 4.52. The van der Waals surface area contributed by atoms with E-state index in [2.05, 4.69) is 14.7 Å². The zero-order valence-corrected chi connectivity index (χ0v) is 12.1. The predicted molar refractivity (Wildman–Crippen MR) is 74.5 cm³/mol. The van der Waals surface area contributed by atoms with Crippen LogP contribution in [0.3, 0.4) is 0 Å². The molecule has 0 saturated carbocycles. The first-order chi connectivity index (χ1) is 9.49. The molecule has 0 atom stereocenters. The lowest BCUT2D eigenvalue weighted by Gasteiger charge is -2.32. The maximum atomic E-state index is 11.1. The summed E-state index contributed by atoms with van der Waals surface area (Å²) >= 11 is 0. The Hall–Kier alpha value is -1.72. The van der Waals surface area contributed by atoms with Crippen LogP contribution in [0.2, 0.25) is 0 Å². The number of nitriles is 1. The minimum Gasteiger partial charge on any atom is -0.354 e. The van der Waals surface area contributed by atoms with E-state index in [1.54, 1.807) is 6.20 Å². The zero-order valence-electron chi connectivity index (χ0n) is 11.3. The van der Waals surface area contributed by atoms with Crippen molar-refractivity contribution in [2.45, 2.75) is 12.8 Å². The van der Waals surface area contributed by atoms with Gasteiger partial charge in [0, 0.05) is 32.0 Å². The number of hydrogen-bond acceptors (Lipinski definition) is 6. The van der Waals surface area contributed by atoms with Crippen LogP contribution in [0, 0.1) is 17.2 Å². The molecule has 0 unspecified atom stereocenters. The second-order valence-corrected chi connectivity index (χ2v) is 6.72. The molecule has 108 valence electrons. The van der Waals surface area contributed by atoms with Gasteiger partial charge >= 0.3 is 0 Å². The van der Waals surface area contributed by atoms with Gasteiger partial charge in [-0.25, -0.2) is 23.1 Å².